The minimum atomic E-state index is 0.0498. The molecule has 2 aliphatic heterocycles. The second kappa shape index (κ2) is 7.68. The number of carbonyl (C=O) groups is 1. The fourth-order valence-corrected chi connectivity index (χ4v) is 3.58. The van der Waals surface area contributed by atoms with Crippen LogP contribution in [0.1, 0.15) is 37.0 Å². The van der Waals surface area contributed by atoms with Gasteiger partial charge in [-0.2, -0.15) is 0 Å². The van der Waals surface area contributed by atoms with Gasteiger partial charge in [0.25, 0.3) is 0 Å². The highest BCUT2D eigenvalue weighted by Gasteiger charge is 2.29. The summed E-state index contributed by atoms with van der Waals surface area (Å²) in [4.78, 5) is 24.9. The Labute approximate surface area is 155 Å². The molecule has 0 N–H and O–H groups in total. The zero-order valence-corrected chi connectivity index (χ0v) is 15.8. The van der Waals surface area contributed by atoms with Gasteiger partial charge in [0.05, 0.1) is 11.4 Å². The molecule has 136 valence electrons. The third kappa shape index (κ3) is 3.47. The molecule has 0 saturated carbocycles. The van der Waals surface area contributed by atoms with E-state index in [0.717, 1.165) is 42.1 Å². The molecular weight excluding hydrogens is 324 g/mol. The smallest absolute Gasteiger partial charge is 0.248 e. The Hall–Kier alpha value is -2.69. The van der Waals surface area contributed by atoms with E-state index in [9.17, 15) is 4.79 Å². The second-order valence-electron chi connectivity index (χ2n) is 6.73. The van der Waals surface area contributed by atoms with Gasteiger partial charge in [0.1, 0.15) is 12.4 Å². The van der Waals surface area contributed by atoms with E-state index in [2.05, 4.69) is 41.8 Å². The number of aryl methyl sites for hydroxylation is 1. The number of amidine groups is 1. The molecule has 0 unspecified atom stereocenters. The normalized spacial score (nSPS) is 17.0. The summed E-state index contributed by atoms with van der Waals surface area (Å²) in [5, 5.41) is 0. The lowest BCUT2D eigenvalue weighted by molar-refractivity contribution is -0.126. The number of benzene rings is 1. The zero-order chi connectivity index (χ0) is 18.7. The van der Waals surface area contributed by atoms with E-state index in [1.807, 2.05) is 36.0 Å². The molecule has 0 saturated heterocycles. The summed E-state index contributed by atoms with van der Waals surface area (Å²) in [6, 6.07) is 6.42. The summed E-state index contributed by atoms with van der Waals surface area (Å²) in [7, 11) is 1.92. The second-order valence-corrected chi connectivity index (χ2v) is 6.73. The minimum absolute atomic E-state index is 0.0498. The van der Waals surface area contributed by atoms with E-state index in [1.54, 1.807) is 0 Å². The number of carbonyl (C=O) groups excluding carboxylic acids is 1. The fraction of sp³-hybridized carbons (Fsp3) is 0.381. The number of rotatable bonds is 4. The first-order chi connectivity index (χ1) is 12.5. The molecular formula is C21H26N4O. The number of likely N-dealkylation sites (N-methyl/N-ethyl adjacent to an activating group) is 1. The van der Waals surface area contributed by atoms with Crippen molar-refractivity contribution in [3.05, 3.63) is 52.9 Å². The zero-order valence-electron chi connectivity index (χ0n) is 15.8. The summed E-state index contributed by atoms with van der Waals surface area (Å²) in [6.45, 7) is 8.52. The molecule has 1 aromatic carbocycles. The summed E-state index contributed by atoms with van der Waals surface area (Å²) in [5.41, 5.74) is 5.67. The first-order valence-corrected chi connectivity index (χ1v) is 9.10. The minimum Gasteiger partial charge on any atom is -0.335 e. The van der Waals surface area contributed by atoms with Gasteiger partial charge in [0, 0.05) is 31.4 Å². The van der Waals surface area contributed by atoms with E-state index in [0.29, 0.717) is 6.54 Å². The van der Waals surface area contributed by atoms with Crippen molar-refractivity contribution in [2.75, 3.05) is 20.1 Å². The summed E-state index contributed by atoms with van der Waals surface area (Å²) >= 11 is 0. The van der Waals surface area contributed by atoms with Crippen molar-refractivity contribution < 1.29 is 4.79 Å². The summed E-state index contributed by atoms with van der Waals surface area (Å²) in [6.07, 6.45) is 6.98. The average Bonchev–Trinajstić information content (AvgIpc) is 2.81. The van der Waals surface area contributed by atoms with Crippen molar-refractivity contribution in [1.29, 1.82) is 0 Å². The summed E-state index contributed by atoms with van der Waals surface area (Å²) in [5.74, 6) is 0.807. The largest absolute Gasteiger partial charge is 0.335 e. The van der Waals surface area contributed by atoms with Gasteiger partial charge in [0.15, 0.2) is 0 Å². The molecule has 1 aromatic rings. The van der Waals surface area contributed by atoms with Crippen LogP contribution < -0.4 is 0 Å². The SMILES string of the molecule is C=N/C(C)=C\N(C)C1=NCC(=O)N2CCc3c(CCC)cccc3C2=C1. The van der Waals surface area contributed by atoms with Gasteiger partial charge in [-0.15, -0.1) is 0 Å². The fourth-order valence-electron chi connectivity index (χ4n) is 3.58. The number of allylic oxidation sites excluding steroid dienone is 1. The van der Waals surface area contributed by atoms with Crippen LogP contribution >= 0.6 is 0 Å². The molecule has 2 aliphatic rings. The Kier molecular flexibility index (Phi) is 5.35. The first-order valence-electron chi connectivity index (χ1n) is 9.10. The number of nitrogens with zero attached hydrogens (tertiary/aromatic N) is 4. The van der Waals surface area contributed by atoms with E-state index in [4.69, 9.17) is 0 Å². The van der Waals surface area contributed by atoms with Crippen LogP contribution in [0.3, 0.4) is 0 Å². The standard InChI is InChI=1S/C21H26N4O/c1-5-7-16-8-6-9-18-17(16)10-11-25-19(18)12-20(23-13-21(25)26)24(4)14-15(2)22-3/h6,8-9,12,14H,3,5,7,10-11,13H2,1-2,4H3/b15-14-. The molecule has 0 bridgehead atoms. The number of hydrogen-bond donors (Lipinski definition) is 0. The van der Waals surface area contributed by atoms with Crippen LogP contribution in [-0.2, 0) is 17.6 Å². The van der Waals surface area contributed by atoms with Crippen molar-refractivity contribution in [2.45, 2.75) is 33.1 Å². The Morgan fingerprint density at radius 3 is 3.00 bits per heavy atom. The molecule has 1 amide bonds. The van der Waals surface area contributed by atoms with Gasteiger partial charge in [-0.1, -0.05) is 31.5 Å². The lowest BCUT2D eigenvalue weighted by atomic mass is 9.90. The van der Waals surface area contributed by atoms with Crippen LogP contribution in [0.4, 0.5) is 0 Å². The van der Waals surface area contributed by atoms with Gasteiger partial charge >= 0.3 is 0 Å². The maximum absolute atomic E-state index is 12.6. The average molecular weight is 350 g/mol. The predicted molar refractivity (Wildman–Crippen MR) is 107 cm³/mol. The topological polar surface area (TPSA) is 48.3 Å². The maximum atomic E-state index is 12.6. The third-order valence-corrected chi connectivity index (χ3v) is 4.88. The Bertz CT molecular complexity index is 819. The summed E-state index contributed by atoms with van der Waals surface area (Å²) < 4.78 is 0. The highest BCUT2D eigenvalue weighted by Crippen LogP contribution is 2.32. The molecule has 0 aliphatic carbocycles. The molecule has 0 atom stereocenters. The third-order valence-electron chi connectivity index (χ3n) is 4.88. The highest BCUT2D eigenvalue weighted by atomic mass is 16.2. The Morgan fingerprint density at radius 2 is 2.27 bits per heavy atom. The lowest BCUT2D eigenvalue weighted by Crippen LogP contribution is -2.36. The Balaban J connectivity index is 2.07. The van der Waals surface area contributed by atoms with E-state index in [1.165, 1.54) is 11.1 Å². The molecule has 2 heterocycles. The van der Waals surface area contributed by atoms with Gasteiger partial charge in [-0.25, -0.2) is 0 Å². The van der Waals surface area contributed by atoms with Crippen LogP contribution in [0.2, 0.25) is 0 Å². The van der Waals surface area contributed by atoms with E-state index >= 15 is 0 Å². The van der Waals surface area contributed by atoms with Gasteiger partial charge in [-0.05, 0) is 37.6 Å². The number of hydrogen-bond acceptors (Lipinski definition) is 4. The number of fused-ring (bicyclic) bond motifs is 3. The molecule has 0 radical (unpaired) electrons. The van der Waals surface area contributed by atoms with Crippen LogP contribution in [0.15, 0.2) is 46.2 Å². The van der Waals surface area contributed by atoms with E-state index < -0.39 is 0 Å². The van der Waals surface area contributed by atoms with Crippen LogP contribution in [0.5, 0.6) is 0 Å². The number of amides is 1. The number of aliphatic imine (C=N–C) groups is 2. The van der Waals surface area contributed by atoms with Crippen molar-refractivity contribution in [1.82, 2.24) is 9.80 Å². The molecule has 0 fully saturated rings. The maximum Gasteiger partial charge on any atom is 0.248 e. The van der Waals surface area contributed by atoms with Crippen LogP contribution in [-0.4, -0.2) is 48.4 Å². The monoisotopic (exact) mass is 350 g/mol. The van der Waals surface area contributed by atoms with Gasteiger partial charge in [-0.3, -0.25) is 14.8 Å². The van der Waals surface area contributed by atoms with Gasteiger partial charge in [0.2, 0.25) is 5.91 Å². The molecule has 5 heteroatoms. The lowest BCUT2D eigenvalue weighted by Gasteiger charge is -2.32. The highest BCUT2D eigenvalue weighted by molar-refractivity contribution is 6.05. The van der Waals surface area contributed by atoms with Crippen LogP contribution in [0, 0.1) is 0 Å². The van der Waals surface area contributed by atoms with Crippen LogP contribution in [0.25, 0.3) is 5.70 Å². The van der Waals surface area contributed by atoms with Gasteiger partial charge < -0.3 is 9.80 Å². The van der Waals surface area contributed by atoms with E-state index in [-0.39, 0.29) is 12.5 Å². The van der Waals surface area contributed by atoms with Crippen molar-refractivity contribution in [3.63, 3.8) is 0 Å². The van der Waals surface area contributed by atoms with Crippen molar-refractivity contribution in [2.24, 2.45) is 9.98 Å². The molecule has 26 heavy (non-hydrogen) atoms. The molecule has 0 spiro atoms. The Morgan fingerprint density at radius 1 is 1.46 bits per heavy atom. The van der Waals surface area contributed by atoms with Crippen molar-refractivity contribution in [3.8, 4) is 0 Å². The first kappa shape index (κ1) is 18.1. The van der Waals surface area contributed by atoms with Crippen molar-refractivity contribution >= 4 is 24.2 Å². The molecule has 5 nitrogen and oxygen atoms in total. The molecule has 0 aromatic heterocycles. The quantitative estimate of drug-likeness (QED) is 0.783. The predicted octanol–water partition coefficient (Wildman–Crippen LogP) is 3.27. The molecule has 3 rings (SSSR count).